The van der Waals surface area contributed by atoms with Crippen LogP contribution < -0.4 is 5.32 Å². The van der Waals surface area contributed by atoms with Gasteiger partial charge in [-0.05, 0) is 55.5 Å². The Kier molecular flexibility index (Phi) is 6.42. The zero-order chi connectivity index (χ0) is 19.9. The lowest BCUT2D eigenvalue weighted by atomic mass is 10.0. The fourth-order valence-electron chi connectivity index (χ4n) is 4.09. The second kappa shape index (κ2) is 9.57. The highest BCUT2D eigenvalue weighted by atomic mass is 16.3. The minimum atomic E-state index is -0.239. The van der Waals surface area contributed by atoms with E-state index in [0.717, 1.165) is 37.1 Å². The molecule has 2 atom stereocenters. The van der Waals surface area contributed by atoms with Gasteiger partial charge in [0, 0.05) is 6.54 Å². The molecule has 1 amide bonds. The van der Waals surface area contributed by atoms with Gasteiger partial charge in [-0.2, -0.15) is 0 Å². The summed E-state index contributed by atoms with van der Waals surface area (Å²) in [7, 11) is 0. The van der Waals surface area contributed by atoms with Crippen molar-refractivity contribution in [1.82, 2.24) is 10.2 Å². The third-order valence-electron chi connectivity index (χ3n) is 5.60. The Labute approximate surface area is 172 Å². The molecule has 150 valence electrons. The van der Waals surface area contributed by atoms with Crippen molar-refractivity contribution in [2.75, 3.05) is 6.54 Å². The van der Waals surface area contributed by atoms with Gasteiger partial charge in [0.2, 0.25) is 5.91 Å². The van der Waals surface area contributed by atoms with Gasteiger partial charge in [-0.25, -0.2) is 0 Å². The largest absolute Gasteiger partial charge is 0.467 e. The van der Waals surface area contributed by atoms with Crippen molar-refractivity contribution in [3.8, 4) is 0 Å². The monoisotopic (exact) mass is 388 g/mol. The van der Waals surface area contributed by atoms with Gasteiger partial charge in [0.15, 0.2) is 0 Å². The molecule has 1 N–H and O–H groups in total. The van der Waals surface area contributed by atoms with E-state index in [0.29, 0.717) is 13.0 Å². The summed E-state index contributed by atoms with van der Waals surface area (Å²) in [5.41, 5.74) is 2.31. The third kappa shape index (κ3) is 4.96. The predicted octanol–water partition coefficient (Wildman–Crippen LogP) is 4.73. The maximum atomic E-state index is 13.8. The molecule has 4 rings (SSSR count). The fourth-order valence-corrected chi connectivity index (χ4v) is 4.09. The van der Waals surface area contributed by atoms with Crippen LogP contribution in [0.3, 0.4) is 0 Å². The van der Waals surface area contributed by atoms with E-state index in [1.165, 1.54) is 5.56 Å². The van der Waals surface area contributed by atoms with Crippen LogP contribution in [0.15, 0.2) is 83.5 Å². The highest BCUT2D eigenvalue weighted by Gasteiger charge is 2.32. The molecule has 1 saturated heterocycles. The minimum absolute atomic E-state index is 0.0455. The zero-order valence-electron chi connectivity index (χ0n) is 16.7. The number of benzene rings is 2. The highest BCUT2D eigenvalue weighted by molar-refractivity contribution is 5.82. The first-order chi connectivity index (χ1) is 14.3. The predicted molar refractivity (Wildman–Crippen MR) is 114 cm³/mol. The third-order valence-corrected chi connectivity index (χ3v) is 5.60. The van der Waals surface area contributed by atoms with Crippen molar-refractivity contribution in [2.24, 2.45) is 0 Å². The van der Waals surface area contributed by atoms with E-state index in [-0.39, 0.29) is 18.0 Å². The molecule has 29 heavy (non-hydrogen) atoms. The van der Waals surface area contributed by atoms with E-state index >= 15 is 0 Å². The molecular weight excluding hydrogens is 360 g/mol. The van der Waals surface area contributed by atoms with Crippen molar-refractivity contribution < 1.29 is 9.21 Å². The van der Waals surface area contributed by atoms with Crippen LogP contribution in [0.4, 0.5) is 0 Å². The highest BCUT2D eigenvalue weighted by Crippen LogP contribution is 2.30. The standard InChI is InChI=1S/C25H28N2O2/c28-25-22(18-20-10-3-1-4-11-20)26-16-8-7-14-23(24-15-9-17-29-24)27(25)19-21-12-5-2-6-13-21/h1-6,9-13,15,17,22-23,26H,7-8,14,16,18-19H2/t22-,23-/m0/s1. The summed E-state index contributed by atoms with van der Waals surface area (Å²) in [5, 5.41) is 3.52. The van der Waals surface area contributed by atoms with Gasteiger partial charge in [-0.3, -0.25) is 4.79 Å². The van der Waals surface area contributed by atoms with Crippen LogP contribution in [-0.4, -0.2) is 23.4 Å². The first-order valence-electron chi connectivity index (χ1n) is 10.5. The Bertz CT molecular complexity index is 878. The number of hydrogen-bond acceptors (Lipinski definition) is 3. The maximum Gasteiger partial charge on any atom is 0.240 e. The van der Waals surface area contributed by atoms with Gasteiger partial charge in [0.1, 0.15) is 5.76 Å². The van der Waals surface area contributed by atoms with Crippen LogP contribution in [0.25, 0.3) is 0 Å². The molecule has 4 heteroatoms. The normalized spacial score (nSPS) is 20.7. The lowest BCUT2D eigenvalue weighted by Crippen LogP contribution is -2.48. The van der Waals surface area contributed by atoms with Crippen molar-refractivity contribution >= 4 is 5.91 Å². The fraction of sp³-hybridized carbons (Fsp3) is 0.320. The Morgan fingerprint density at radius 1 is 0.897 bits per heavy atom. The summed E-state index contributed by atoms with van der Waals surface area (Å²) in [6, 6.07) is 24.1. The molecule has 0 spiro atoms. The molecule has 0 unspecified atom stereocenters. The first-order valence-corrected chi connectivity index (χ1v) is 10.5. The molecule has 1 aliphatic heterocycles. The molecule has 2 aromatic carbocycles. The van der Waals surface area contributed by atoms with Crippen molar-refractivity contribution in [3.63, 3.8) is 0 Å². The van der Waals surface area contributed by atoms with Gasteiger partial charge in [-0.1, -0.05) is 60.7 Å². The molecule has 0 aliphatic carbocycles. The lowest BCUT2D eigenvalue weighted by Gasteiger charge is -2.33. The van der Waals surface area contributed by atoms with E-state index < -0.39 is 0 Å². The van der Waals surface area contributed by atoms with Gasteiger partial charge >= 0.3 is 0 Å². The molecule has 2 heterocycles. The van der Waals surface area contributed by atoms with E-state index in [2.05, 4.69) is 29.6 Å². The summed E-state index contributed by atoms with van der Waals surface area (Å²) >= 11 is 0. The molecule has 1 aliphatic rings. The number of nitrogens with one attached hydrogen (secondary N) is 1. The number of hydrogen-bond donors (Lipinski definition) is 1. The molecular formula is C25H28N2O2. The van der Waals surface area contributed by atoms with E-state index in [1.54, 1.807) is 6.26 Å². The summed E-state index contributed by atoms with van der Waals surface area (Å²) in [4.78, 5) is 15.8. The van der Waals surface area contributed by atoms with Crippen LogP contribution >= 0.6 is 0 Å². The average molecular weight is 389 g/mol. The molecule has 4 nitrogen and oxygen atoms in total. The van der Waals surface area contributed by atoms with Gasteiger partial charge in [0.25, 0.3) is 0 Å². The van der Waals surface area contributed by atoms with Gasteiger partial charge in [0.05, 0.1) is 18.3 Å². The van der Waals surface area contributed by atoms with Crippen LogP contribution in [0.5, 0.6) is 0 Å². The Morgan fingerprint density at radius 2 is 1.62 bits per heavy atom. The Balaban J connectivity index is 1.66. The van der Waals surface area contributed by atoms with E-state index in [4.69, 9.17) is 4.42 Å². The van der Waals surface area contributed by atoms with Crippen molar-refractivity contribution in [3.05, 3.63) is 95.9 Å². The van der Waals surface area contributed by atoms with E-state index in [1.807, 2.05) is 53.4 Å². The van der Waals surface area contributed by atoms with Crippen molar-refractivity contribution in [2.45, 2.75) is 44.3 Å². The summed E-state index contributed by atoms with van der Waals surface area (Å²) < 4.78 is 5.77. The molecule has 0 bridgehead atoms. The molecule has 3 aromatic rings. The zero-order valence-corrected chi connectivity index (χ0v) is 16.7. The number of carbonyl (C=O) groups excluding carboxylic acids is 1. The molecule has 0 radical (unpaired) electrons. The Morgan fingerprint density at radius 3 is 2.31 bits per heavy atom. The average Bonchev–Trinajstić information content (AvgIpc) is 3.30. The SMILES string of the molecule is O=C1[C@H](Cc2ccccc2)NCCCC[C@@H](c2ccco2)N1Cc1ccccc1. The van der Waals surface area contributed by atoms with Crippen LogP contribution in [-0.2, 0) is 17.8 Å². The number of rotatable bonds is 5. The topological polar surface area (TPSA) is 45.5 Å². The molecule has 0 saturated carbocycles. The molecule has 1 fully saturated rings. The van der Waals surface area contributed by atoms with Crippen molar-refractivity contribution in [1.29, 1.82) is 0 Å². The van der Waals surface area contributed by atoms with E-state index in [9.17, 15) is 4.79 Å². The summed E-state index contributed by atoms with van der Waals surface area (Å²) in [5.74, 6) is 1.01. The first kappa shape index (κ1) is 19.5. The quantitative estimate of drug-likeness (QED) is 0.687. The lowest BCUT2D eigenvalue weighted by molar-refractivity contribution is -0.137. The maximum absolute atomic E-state index is 13.8. The summed E-state index contributed by atoms with van der Waals surface area (Å²) in [6.07, 6.45) is 5.40. The molecule has 1 aromatic heterocycles. The van der Waals surface area contributed by atoms with Gasteiger partial charge in [-0.15, -0.1) is 0 Å². The second-order valence-electron chi connectivity index (χ2n) is 7.68. The number of amides is 1. The van der Waals surface area contributed by atoms with Crippen LogP contribution in [0.2, 0.25) is 0 Å². The number of carbonyl (C=O) groups is 1. The minimum Gasteiger partial charge on any atom is -0.467 e. The number of furan rings is 1. The smallest absolute Gasteiger partial charge is 0.240 e. The summed E-state index contributed by atoms with van der Waals surface area (Å²) in [6.45, 7) is 1.44. The van der Waals surface area contributed by atoms with Crippen LogP contribution in [0, 0.1) is 0 Å². The Hall–Kier alpha value is -2.85. The van der Waals surface area contributed by atoms with Gasteiger partial charge < -0.3 is 14.6 Å². The number of nitrogens with zero attached hydrogens (tertiary/aromatic N) is 1. The second-order valence-corrected chi connectivity index (χ2v) is 7.68. The van der Waals surface area contributed by atoms with Crippen LogP contribution in [0.1, 0.15) is 42.2 Å².